The molecule has 0 amide bonds. The number of nitrogens with zero attached hydrogens (tertiary/aromatic N) is 4. The fraction of sp³-hybridized carbons (Fsp3) is 0.250. The van der Waals surface area contributed by atoms with Crippen LogP contribution in [0.2, 0.25) is 0 Å². The third kappa shape index (κ3) is 4.18. The molecule has 0 saturated heterocycles. The van der Waals surface area contributed by atoms with E-state index in [2.05, 4.69) is 41.9 Å². The Morgan fingerprint density at radius 2 is 1.95 bits per heavy atom. The zero-order chi connectivity index (χ0) is 15.4. The molecule has 0 saturated carbocycles. The third-order valence-corrected chi connectivity index (χ3v) is 3.83. The molecule has 1 heterocycles. The highest BCUT2D eigenvalue weighted by Gasteiger charge is 2.19. The van der Waals surface area contributed by atoms with Gasteiger partial charge in [-0.05, 0) is 28.5 Å². The van der Waals surface area contributed by atoms with Gasteiger partial charge in [0.25, 0.3) is 4.73 Å². The largest absolute Gasteiger partial charge is 0.492 e. The quantitative estimate of drug-likeness (QED) is 0.408. The van der Waals surface area contributed by atoms with Gasteiger partial charge in [-0.25, -0.2) is 0 Å². The van der Waals surface area contributed by atoms with E-state index in [9.17, 15) is 14.9 Å². The molecular formula is C12H10Br2N4O3. The van der Waals surface area contributed by atoms with Crippen molar-refractivity contribution in [2.75, 3.05) is 0 Å². The van der Waals surface area contributed by atoms with E-state index in [0.29, 0.717) is 24.9 Å². The Morgan fingerprint density at radius 3 is 2.52 bits per heavy atom. The van der Waals surface area contributed by atoms with Crippen LogP contribution in [0, 0.1) is 10.1 Å². The molecule has 0 aliphatic rings. The summed E-state index contributed by atoms with van der Waals surface area (Å²) in [6.07, 6.45) is 0.857. The van der Waals surface area contributed by atoms with Gasteiger partial charge in [-0.1, -0.05) is 28.1 Å². The number of halogens is 2. The number of aryl methyl sites for hydroxylation is 1. The number of benzene rings is 1. The minimum atomic E-state index is -0.658. The summed E-state index contributed by atoms with van der Waals surface area (Å²) >= 11 is 6.41. The average molecular weight is 418 g/mol. The van der Waals surface area contributed by atoms with Gasteiger partial charge in [-0.15, -0.1) is 0 Å². The molecule has 0 bridgehead atoms. The average Bonchev–Trinajstić information content (AvgIpc) is 2.81. The molecule has 0 fully saturated rings. The smallest absolute Gasteiger partial charge is 0.390 e. The lowest BCUT2D eigenvalue weighted by molar-refractivity contribution is -0.394. The first-order valence-corrected chi connectivity index (χ1v) is 7.59. The van der Waals surface area contributed by atoms with E-state index in [-0.39, 0.29) is 10.5 Å². The number of hydrogen-bond donors (Lipinski definition) is 0. The number of Topliss-reactive ketones (excluding diaryl/α,β-unsaturated/α-hetero) is 1. The van der Waals surface area contributed by atoms with Gasteiger partial charge in [0.05, 0.1) is 6.54 Å². The van der Waals surface area contributed by atoms with Crippen LogP contribution in [0.25, 0.3) is 0 Å². The minimum absolute atomic E-state index is 0.0215. The highest BCUT2D eigenvalue weighted by Crippen LogP contribution is 2.15. The molecule has 9 heteroatoms. The third-order valence-electron chi connectivity index (χ3n) is 2.72. The zero-order valence-corrected chi connectivity index (χ0v) is 13.9. The van der Waals surface area contributed by atoms with Crippen molar-refractivity contribution >= 4 is 43.6 Å². The Morgan fingerprint density at radius 1 is 1.29 bits per heavy atom. The molecular weight excluding hydrogens is 408 g/mol. The van der Waals surface area contributed by atoms with Crippen LogP contribution in [0.1, 0.15) is 23.2 Å². The summed E-state index contributed by atoms with van der Waals surface area (Å²) in [4.78, 5) is 25.5. The van der Waals surface area contributed by atoms with Crippen molar-refractivity contribution in [3.63, 3.8) is 0 Å². The number of aromatic nitrogens is 3. The number of hydrogen-bond acceptors (Lipinski definition) is 5. The van der Waals surface area contributed by atoms with Crippen LogP contribution >= 0.6 is 31.9 Å². The molecule has 0 atom stereocenters. The summed E-state index contributed by atoms with van der Waals surface area (Å²) in [7, 11) is 0. The van der Waals surface area contributed by atoms with Gasteiger partial charge in [0.2, 0.25) is 0 Å². The topological polar surface area (TPSA) is 90.9 Å². The molecule has 110 valence electrons. The van der Waals surface area contributed by atoms with Crippen LogP contribution in [-0.4, -0.2) is 25.5 Å². The van der Waals surface area contributed by atoms with Crippen molar-refractivity contribution in [2.45, 2.75) is 19.4 Å². The van der Waals surface area contributed by atoms with E-state index in [1.165, 1.54) is 4.68 Å². The highest BCUT2D eigenvalue weighted by molar-refractivity contribution is 9.10. The highest BCUT2D eigenvalue weighted by atomic mass is 79.9. The van der Waals surface area contributed by atoms with Crippen LogP contribution < -0.4 is 0 Å². The van der Waals surface area contributed by atoms with E-state index in [1.54, 1.807) is 12.1 Å². The normalized spacial score (nSPS) is 10.6. The summed E-state index contributed by atoms with van der Waals surface area (Å²) in [6, 6.07) is 7.13. The van der Waals surface area contributed by atoms with Gasteiger partial charge >= 0.3 is 5.95 Å². The van der Waals surface area contributed by atoms with Crippen LogP contribution in [0.15, 0.2) is 33.5 Å². The summed E-state index contributed by atoms with van der Waals surface area (Å²) in [6.45, 7) is 0.379. The second-order valence-corrected chi connectivity index (χ2v) is 5.82. The number of nitro groups is 1. The van der Waals surface area contributed by atoms with E-state index < -0.39 is 10.9 Å². The molecule has 21 heavy (non-hydrogen) atoms. The molecule has 1 aromatic heterocycles. The first-order chi connectivity index (χ1) is 9.97. The van der Waals surface area contributed by atoms with Crippen molar-refractivity contribution in [3.05, 3.63) is 49.1 Å². The summed E-state index contributed by atoms with van der Waals surface area (Å²) in [5.74, 6) is -0.436. The van der Waals surface area contributed by atoms with Gasteiger partial charge in [0, 0.05) is 37.5 Å². The molecule has 0 radical (unpaired) electrons. The van der Waals surface area contributed by atoms with E-state index in [4.69, 9.17) is 0 Å². The minimum Gasteiger partial charge on any atom is -0.390 e. The van der Waals surface area contributed by atoms with Gasteiger partial charge in [0.15, 0.2) is 5.78 Å². The van der Waals surface area contributed by atoms with Gasteiger partial charge in [-0.3, -0.25) is 4.79 Å². The van der Waals surface area contributed by atoms with E-state index >= 15 is 0 Å². The van der Waals surface area contributed by atoms with Crippen molar-refractivity contribution < 1.29 is 9.72 Å². The molecule has 7 nitrogen and oxygen atoms in total. The molecule has 2 aromatic rings. The summed E-state index contributed by atoms with van der Waals surface area (Å²) < 4.78 is 2.57. The predicted molar refractivity (Wildman–Crippen MR) is 82.1 cm³/mol. The molecule has 0 spiro atoms. The molecule has 0 unspecified atom stereocenters. The Kier molecular flexibility index (Phi) is 5.18. The number of ketones is 1. The lowest BCUT2D eigenvalue weighted by Gasteiger charge is -2.01. The predicted octanol–water partition coefficient (Wildman–Crippen LogP) is 3.37. The van der Waals surface area contributed by atoms with Crippen LogP contribution in [0.4, 0.5) is 5.95 Å². The Balaban J connectivity index is 1.91. The number of carbonyl (C=O) groups is 1. The first kappa shape index (κ1) is 15.8. The van der Waals surface area contributed by atoms with E-state index in [0.717, 1.165) is 4.47 Å². The fourth-order valence-electron chi connectivity index (χ4n) is 1.70. The Hall–Kier alpha value is -1.61. The Labute approximate surface area is 136 Å². The van der Waals surface area contributed by atoms with Gasteiger partial charge in [-0.2, -0.15) is 4.68 Å². The monoisotopic (exact) mass is 416 g/mol. The molecule has 2 rings (SSSR count). The summed E-state index contributed by atoms with van der Waals surface area (Å²) in [5, 5.41) is 14.3. The standard InChI is InChI=1S/C12H10Br2N4O3/c13-9-5-3-8(4-6-9)10(19)2-1-7-17-11(14)15-12(16-17)18(20)21/h3-6H,1-2,7H2. The fourth-order valence-corrected chi connectivity index (χ4v) is 2.38. The van der Waals surface area contributed by atoms with Crippen LogP contribution in [-0.2, 0) is 6.54 Å². The number of rotatable bonds is 6. The maximum Gasteiger partial charge on any atom is 0.492 e. The first-order valence-electron chi connectivity index (χ1n) is 6.01. The second kappa shape index (κ2) is 6.90. The van der Waals surface area contributed by atoms with Crippen molar-refractivity contribution in [1.29, 1.82) is 0 Å². The molecule has 0 aliphatic heterocycles. The van der Waals surface area contributed by atoms with Crippen LogP contribution in [0.5, 0.6) is 0 Å². The van der Waals surface area contributed by atoms with Crippen molar-refractivity contribution in [1.82, 2.24) is 14.8 Å². The summed E-state index contributed by atoms with van der Waals surface area (Å²) in [5.41, 5.74) is 0.641. The lowest BCUT2D eigenvalue weighted by Crippen LogP contribution is -2.05. The molecule has 0 N–H and O–H groups in total. The second-order valence-electron chi connectivity index (χ2n) is 4.19. The SMILES string of the molecule is O=C(CCCn1nc([N+](=O)[O-])nc1Br)c1ccc(Br)cc1. The van der Waals surface area contributed by atoms with Crippen LogP contribution in [0.3, 0.4) is 0 Å². The van der Waals surface area contributed by atoms with Crippen molar-refractivity contribution in [2.24, 2.45) is 0 Å². The molecule has 0 aliphatic carbocycles. The maximum atomic E-state index is 12.0. The van der Waals surface area contributed by atoms with Gasteiger partial charge < -0.3 is 10.1 Å². The number of carbonyl (C=O) groups excluding carboxylic acids is 1. The maximum absolute atomic E-state index is 12.0. The van der Waals surface area contributed by atoms with Gasteiger partial charge in [0.1, 0.15) is 0 Å². The lowest BCUT2D eigenvalue weighted by atomic mass is 10.1. The van der Waals surface area contributed by atoms with E-state index in [1.807, 2.05) is 12.1 Å². The van der Waals surface area contributed by atoms with Crippen molar-refractivity contribution in [3.8, 4) is 0 Å². The Bertz CT molecular complexity index is 670. The molecule has 1 aromatic carbocycles. The zero-order valence-electron chi connectivity index (χ0n) is 10.7.